The van der Waals surface area contributed by atoms with E-state index >= 15 is 0 Å². The molecule has 0 saturated carbocycles. The van der Waals surface area contributed by atoms with E-state index in [1.54, 1.807) is 18.3 Å². The van der Waals surface area contributed by atoms with E-state index < -0.39 is 0 Å². The molecule has 0 fully saturated rings. The van der Waals surface area contributed by atoms with Gasteiger partial charge in [-0.3, -0.25) is 0 Å². The van der Waals surface area contributed by atoms with E-state index in [4.69, 9.17) is 4.52 Å². The summed E-state index contributed by atoms with van der Waals surface area (Å²) in [5.74, 6) is 1.08. The molecule has 2 aromatic heterocycles. The van der Waals surface area contributed by atoms with E-state index in [-0.39, 0.29) is 11.1 Å². The number of aromatic nitrogens is 4. The van der Waals surface area contributed by atoms with Crippen LogP contribution in [0.4, 0.5) is 4.39 Å². The predicted octanol–water partition coefficient (Wildman–Crippen LogP) is 4.40. The first-order valence-electron chi connectivity index (χ1n) is 7.45. The van der Waals surface area contributed by atoms with Crippen molar-refractivity contribution in [3.8, 4) is 11.3 Å². The molecular weight excluding hydrogens is 315 g/mol. The highest BCUT2D eigenvalue weighted by atomic mass is 32.2. The summed E-state index contributed by atoms with van der Waals surface area (Å²) < 4.78 is 18.3. The van der Waals surface area contributed by atoms with Crippen molar-refractivity contribution in [2.75, 3.05) is 0 Å². The monoisotopic (exact) mass is 332 g/mol. The van der Waals surface area contributed by atoms with Gasteiger partial charge in [0.15, 0.2) is 11.0 Å². The molecule has 0 amide bonds. The molecule has 1 atom stereocenters. The first-order chi connectivity index (χ1) is 11.2. The van der Waals surface area contributed by atoms with E-state index in [1.165, 1.54) is 23.9 Å². The SMILES string of the molecule is CCCc1noc([C@@H](C)Sc2ncc(-c3ccc(F)cc3)[nH]2)n1. The fourth-order valence-corrected chi connectivity index (χ4v) is 2.93. The van der Waals surface area contributed by atoms with Gasteiger partial charge in [0.05, 0.1) is 17.1 Å². The molecule has 0 spiro atoms. The van der Waals surface area contributed by atoms with Crippen LogP contribution < -0.4 is 0 Å². The summed E-state index contributed by atoms with van der Waals surface area (Å²) in [6.45, 7) is 4.07. The molecule has 120 valence electrons. The third-order valence-electron chi connectivity index (χ3n) is 3.30. The zero-order valence-electron chi connectivity index (χ0n) is 12.9. The standard InChI is InChI=1S/C16H17FN4OS/c1-3-4-14-20-15(22-21-14)10(2)23-16-18-9-13(19-16)11-5-7-12(17)8-6-11/h5-10H,3-4H2,1-2H3,(H,18,19)/t10-/m1/s1. The van der Waals surface area contributed by atoms with Crippen molar-refractivity contribution >= 4 is 11.8 Å². The van der Waals surface area contributed by atoms with E-state index in [2.05, 4.69) is 27.0 Å². The maximum absolute atomic E-state index is 13.0. The average molecular weight is 332 g/mol. The van der Waals surface area contributed by atoms with Crippen LogP contribution in [0.5, 0.6) is 0 Å². The van der Waals surface area contributed by atoms with Crippen LogP contribution >= 0.6 is 11.8 Å². The van der Waals surface area contributed by atoms with E-state index in [9.17, 15) is 4.39 Å². The molecule has 0 aliphatic rings. The molecule has 3 aromatic rings. The van der Waals surface area contributed by atoms with Gasteiger partial charge in [0.25, 0.3) is 0 Å². The summed E-state index contributed by atoms with van der Waals surface area (Å²) in [7, 11) is 0. The van der Waals surface area contributed by atoms with Gasteiger partial charge in [-0.05, 0) is 43.2 Å². The van der Waals surface area contributed by atoms with E-state index in [1.807, 2.05) is 6.92 Å². The van der Waals surface area contributed by atoms with Crippen LogP contribution in [0.2, 0.25) is 0 Å². The quantitative estimate of drug-likeness (QED) is 0.677. The number of hydrogen-bond donors (Lipinski definition) is 1. The Balaban J connectivity index is 1.69. The molecule has 0 unspecified atom stereocenters. The number of thioether (sulfide) groups is 1. The third-order valence-corrected chi connectivity index (χ3v) is 4.29. The number of rotatable bonds is 6. The van der Waals surface area contributed by atoms with Gasteiger partial charge in [-0.25, -0.2) is 9.37 Å². The van der Waals surface area contributed by atoms with Crippen molar-refractivity contribution in [1.82, 2.24) is 20.1 Å². The first-order valence-corrected chi connectivity index (χ1v) is 8.33. The van der Waals surface area contributed by atoms with Crippen molar-refractivity contribution in [3.63, 3.8) is 0 Å². The predicted molar refractivity (Wildman–Crippen MR) is 86.5 cm³/mol. The molecule has 0 aliphatic carbocycles. The smallest absolute Gasteiger partial charge is 0.239 e. The minimum atomic E-state index is -0.254. The molecule has 5 nitrogen and oxygen atoms in total. The Bertz CT molecular complexity index is 768. The lowest BCUT2D eigenvalue weighted by molar-refractivity contribution is 0.374. The lowest BCUT2D eigenvalue weighted by Crippen LogP contribution is -1.91. The molecule has 7 heteroatoms. The van der Waals surface area contributed by atoms with Gasteiger partial charge in [0, 0.05) is 6.42 Å². The maximum atomic E-state index is 13.0. The molecule has 0 aliphatic heterocycles. The number of nitrogens with zero attached hydrogens (tertiary/aromatic N) is 3. The van der Waals surface area contributed by atoms with Crippen LogP contribution in [0, 0.1) is 5.82 Å². The lowest BCUT2D eigenvalue weighted by Gasteiger charge is -2.03. The fourth-order valence-electron chi connectivity index (χ4n) is 2.11. The van der Waals surface area contributed by atoms with Gasteiger partial charge in [0.1, 0.15) is 5.82 Å². The number of aryl methyl sites for hydroxylation is 1. The van der Waals surface area contributed by atoms with Gasteiger partial charge in [-0.1, -0.05) is 23.8 Å². The molecule has 3 rings (SSSR count). The summed E-state index contributed by atoms with van der Waals surface area (Å²) >= 11 is 1.51. The minimum Gasteiger partial charge on any atom is -0.338 e. The largest absolute Gasteiger partial charge is 0.338 e. The highest BCUT2D eigenvalue weighted by molar-refractivity contribution is 7.99. The summed E-state index contributed by atoms with van der Waals surface area (Å²) in [5, 5.41) is 4.72. The topological polar surface area (TPSA) is 67.6 Å². The van der Waals surface area contributed by atoms with Gasteiger partial charge in [-0.2, -0.15) is 4.98 Å². The molecule has 23 heavy (non-hydrogen) atoms. The summed E-state index contributed by atoms with van der Waals surface area (Å²) in [6, 6.07) is 6.30. The summed E-state index contributed by atoms with van der Waals surface area (Å²) in [5.41, 5.74) is 1.73. The summed E-state index contributed by atoms with van der Waals surface area (Å²) in [4.78, 5) is 12.0. The van der Waals surface area contributed by atoms with Crippen LogP contribution in [0.25, 0.3) is 11.3 Å². The second kappa shape index (κ2) is 6.95. The van der Waals surface area contributed by atoms with E-state index in [0.29, 0.717) is 5.89 Å². The Hall–Kier alpha value is -2.15. The number of imidazole rings is 1. The average Bonchev–Trinajstić information content (AvgIpc) is 3.18. The van der Waals surface area contributed by atoms with Crippen molar-refractivity contribution in [2.45, 2.75) is 37.1 Å². The normalized spacial score (nSPS) is 12.5. The number of benzene rings is 1. The highest BCUT2D eigenvalue weighted by Gasteiger charge is 2.17. The second-order valence-corrected chi connectivity index (χ2v) is 6.50. The minimum absolute atomic E-state index is 0.000300. The van der Waals surface area contributed by atoms with Crippen LogP contribution in [0.3, 0.4) is 0 Å². The fraction of sp³-hybridized carbons (Fsp3) is 0.312. The van der Waals surface area contributed by atoms with Crippen LogP contribution in [0.1, 0.15) is 37.2 Å². The van der Waals surface area contributed by atoms with Crippen LogP contribution in [0.15, 0.2) is 40.1 Å². The Morgan fingerprint density at radius 1 is 1.30 bits per heavy atom. The van der Waals surface area contributed by atoms with Crippen molar-refractivity contribution < 1.29 is 8.91 Å². The lowest BCUT2D eigenvalue weighted by atomic mass is 10.2. The third kappa shape index (κ3) is 3.79. The highest BCUT2D eigenvalue weighted by Crippen LogP contribution is 2.33. The van der Waals surface area contributed by atoms with Gasteiger partial charge >= 0.3 is 0 Å². The van der Waals surface area contributed by atoms with Gasteiger partial charge < -0.3 is 9.51 Å². The Kier molecular flexibility index (Phi) is 4.76. The summed E-state index contributed by atoms with van der Waals surface area (Å²) in [6.07, 6.45) is 3.54. The van der Waals surface area contributed by atoms with E-state index in [0.717, 1.165) is 35.1 Å². The Labute approximate surface area is 137 Å². The van der Waals surface area contributed by atoms with Crippen molar-refractivity contribution in [1.29, 1.82) is 0 Å². The molecule has 1 aromatic carbocycles. The molecule has 0 radical (unpaired) electrons. The second-order valence-electron chi connectivity index (χ2n) is 5.17. The van der Waals surface area contributed by atoms with Crippen molar-refractivity contribution in [3.05, 3.63) is 48.0 Å². The Morgan fingerprint density at radius 3 is 2.83 bits per heavy atom. The first kappa shape index (κ1) is 15.7. The molecule has 0 saturated heterocycles. The maximum Gasteiger partial charge on any atom is 0.239 e. The number of aromatic amines is 1. The molecule has 1 N–H and O–H groups in total. The number of halogens is 1. The van der Waals surface area contributed by atoms with Gasteiger partial charge in [0.2, 0.25) is 5.89 Å². The number of hydrogen-bond acceptors (Lipinski definition) is 5. The zero-order chi connectivity index (χ0) is 16.2. The molecule has 2 heterocycles. The van der Waals surface area contributed by atoms with Gasteiger partial charge in [-0.15, -0.1) is 0 Å². The number of nitrogens with one attached hydrogen (secondary N) is 1. The van der Waals surface area contributed by atoms with Crippen LogP contribution in [-0.4, -0.2) is 20.1 Å². The zero-order valence-corrected chi connectivity index (χ0v) is 13.7. The van der Waals surface area contributed by atoms with Crippen LogP contribution in [-0.2, 0) is 6.42 Å². The molecular formula is C16H17FN4OS. The van der Waals surface area contributed by atoms with Crippen molar-refractivity contribution in [2.24, 2.45) is 0 Å². The molecule has 0 bridgehead atoms. The number of H-pyrrole nitrogens is 1. The Morgan fingerprint density at radius 2 is 2.09 bits per heavy atom.